The van der Waals surface area contributed by atoms with Crippen LogP contribution in [0.2, 0.25) is 0 Å². The van der Waals surface area contributed by atoms with Crippen molar-refractivity contribution in [2.24, 2.45) is 0 Å². The fourth-order valence-electron chi connectivity index (χ4n) is 3.66. The first-order valence-corrected chi connectivity index (χ1v) is 10.2. The molecule has 0 atom stereocenters. The molecule has 0 spiro atoms. The molecular formula is C17H23F3N2O2S. The molecule has 1 aromatic carbocycles. The monoisotopic (exact) mass is 376 g/mol. The molecule has 0 unspecified atom stereocenters. The Balaban J connectivity index is 1.99. The van der Waals surface area contributed by atoms with Crippen LogP contribution in [0.3, 0.4) is 0 Å². The van der Waals surface area contributed by atoms with Crippen LogP contribution in [-0.4, -0.2) is 38.0 Å². The second-order valence-electron chi connectivity index (χ2n) is 6.76. The van der Waals surface area contributed by atoms with Crippen molar-refractivity contribution in [3.8, 4) is 0 Å². The zero-order valence-corrected chi connectivity index (χ0v) is 14.8. The molecular weight excluding hydrogens is 353 g/mol. The summed E-state index contributed by atoms with van der Waals surface area (Å²) < 4.78 is 70.1. The van der Waals surface area contributed by atoms with Gasteiger partial charge in [-0.05, 0) is 37.8 Å². The second-order valence-corrected chi connectivity index (χ2v) is 8.57. The molecule has 0 N–H and O–H groups in total. The number of rotatable bonds is 4. The predicted octanol–water partition coefficient (Wildman–Crippen LogP) is 3.78. The summed E-state index contributed by atoms with van der Waals surface area (Å²) in [5.74, 6) is -1.45. The number of anilines is 1. The lowest BCUT2D eigenvalue weighted by Gasteiger charge is -2.39. The van der Waals surface area contributed by atoms with Crippen molar-refractivity contribution in [2.75, 3.05) is 17.4 Å². The first-order chi connectivity index (χ1) is 11.9. The van der Waals surface area contributed by atoms with E-state index in [1.807, 2.05) is 0 Å². The van der Waals surface area contributed by atoms with Gasteiger partial charge < -0.3 is 0 Å². The summed E-state index contributed by atoms with van der Waals surface area (Å²) in [7, 11) is -4.05. The van der Waals surface area contributed by atoms with E-state index in [0.29, 0.717) is 12.8 Å². The Morgan fingerprint density at radius 3 is 2.28 bits per heavy atom. The highest BCUT2D eigenvalue weighted by Crippen LogP contribution is 2.34. The molecule has 0 aromatic heterocycles. The van der Waals surface area contributed by atoms with Gasteiger partial charge in [0.25, 0.3) is 0 Å². The third-order valence-corrected chi connectivity index (χ3v) is 7.02. The highest BCUT2D eigenvalue weighted by atomic mass is 32.2. The smallest absolute Gasteiger partial charge is 0.252 e. The number of alkyl halides is 1. The Morgan fingerprint density at radius 2 is 1.64 bits per heavy atom. The van der Waals surface area contributed by atoms with Gasteiger partial charge in [0.1, 0.15) is 17.8 Å². The van der Waals surface area contributed by atoms with Gasteiger partial charge in [0.2, 0.25) is 0 Å². The summed E-state index contributed by atoms with van der Waals surface area (Å²) >= 11 is 0. The van der Waals surface area contributed by atoms with Gasteiger partial charge in [0.05, 0.1) is 5.69 Å². The molecule has 8 heteroatoms. The molecule has 1 saturated carbocycles. The quantitative estimate of drug-likeness (QED) is 0.802. The lowest BCUT2D eigenvalue weighted by molar-refractivity contribution is 0.209. The Labute approximate surface area is 146 Å². The van der Waals surface area contributed by atoms with E-state index in [2.05, 4.69) is 0 Å². The van der Waals surface area contributed by atoms with Crippen molar-refractivity contribution in [2.45, 2.75) is 57.2 Å². The summed E-state index contributed by atoms with van der Waals surface area (Å²) in [6, 6.07) is 2.45. The summed E-state index contributed by atoms with van der Waals surface area (Å²) in [4.78, 5) is 0. The van der Waals surface area contributed by atoms with Crippen molar-refractivity contribution in [3.63, 3.8) is 0 Å². The van der Waals surface area contributed by atoms with E-state index in [9.17, 15) is 21.6 Å². The van der Waals surface area contributed by atoms with E-state index < -0.39 is 34.1 Å². The molecule has 140 valence electrons. The van der Waals surface area contributed by atoms with Gasteiger partial charge in [-0.3, -0.25) is 4.31 Å². The maximum atomic E-state index is 14.4. The Bertz CT molecular complexity index is 700. The number of halogens is 3. The van der Waals surface area contributed by atoms with Crippen LogP contribution in [0.15, 0.2) is 18.2 Å². The fourth-order valence-corrected chi connectivity index (χ4v) is 5.56. The molecule has 1 aliphatic carbocycles. The second kappa shape index (κ2) is 7.53. The van der Waals surface area contributed by atoms with Crippen LogP contribution >= 0.6 is 0 Å². The predicted molar refractivity (Wildman–Crippen MR) is 90.3 cm³/mol. The van der Waals surface area contributed by atoms with Crippen LogP contribution in [-0.2, 0) is 10.2 Å². The minimum atomic E-state index is -4.05. The molecule has 0 radical (unpaired) electrons. The minimum absolute atomic E-state index is 0.0592. The summed E-state index contributed by atoms with van der Waals surface area (Å²) in [6.07, 6.45) is 3.15. The van der Waals surface area contributed by atoms with Gasteiger partial charge in [-0.1, -0.05) is 19.3 Å². The molecule has 3 rings (SSSR count). The lowest BCUT2D eigenvalue weighted by Crippen LogP contribution is -2.52. The number of nitrogens with zero attached hydrogens (tertiary/aromatic N) is 2. The fraction of sp³-hybridized carbons (Fsp3) is 0.647. The first-order valence-electron chi connectivity index (χ1n) is 8.78. The van der Waals surface area contributed by atoms with Gasteiger partial charge in [-0.2, -0.15) is 12.7 Å². The average Bonchev–Trinajstić information content (AvgIpc) is 2.59. The molecule has 1 aliphatic heterocycles. The molecule has 0 amide bonds. The summed E-state index contributed by atoms with van der Waals surface area (Å²) in [6.45, 7) is 0.118. The molecule has 4 nitrogen and oxygen atoms in total. The van der Waals surface area contributed by atoms with Crippen molar-refractivity contribution in [3.05, 3.63) is 29.8 Å². The zero-order chi connectivity index (χ0) is 18.0. The minimum Gasteiger partial charge on any atom is -0.252 e. The van der Waals surface area contributed by atoms with Crippen molar-refractivity contribution in [1.29, 1.82) is 0 Å². The topological polar surface area (TPSA) is 40.6 Å². The van der Waals surface area contributed by atoms with Gasteiger partial charge in [-0.15, -0.1) is 0 Å². The van der Waals surface area contributed by atoms with Crippen molar-refractivity contribution in [1.82, 2.24) is 4.31 Å². The summed E-state index contributed by atoms with van der Waals surface area (Å²) in [5.41, 5.74) is -0.255. The van der Waals surface area contributed by atoms with Crippen molar-refractivity contribution < 1.29 is 21.6 Å². The normalized spacial score (nSPS) is 21.4. The third-order valence-electron chi connectivity index (χ3n) is 5.01. The first kappa shape index (κ1) is 18.5. The van der Waals surface area contributed by atoms with Gasteiger partial charge in [0.15, 0.2) is 0 Å². The zero-order valence-electron chi connectivity index (χ0n) is 14.0. The Morgan fingerprint density at radius 1 is 1.00 bits per heavy atom. The largest absolute Gasteiger partial charge is 0.304 e. The number of hydrogen-bond acceptors (Lipinski definition) is 2. The Hall–Kier alpha value is -1.28. The van der Waals surface area contributed by atoms with Crippen LogP contribution in [0.1, 0.15) is 44.9 Å². The highest BCUT2D eigenvalue weighted by molar-refractivity contribution is 7.90. The Kier molecular flexibility index (Phi) is 5.58. The number of benzene rings is 1. The molecule has 1 saturated heterocycles. The van der Waals surface area contributed by atoms with Gasteiger partial charge in [-0.25, -0.2) is 13.2 Å². The van der Waals surface area contributed by atoms with E-state index in [4.69, 9.17) is 0 Å². The van der Waals surface area contributed by atoms with E-state index in [1.54, 1.807) is 0 Å². The maximum absolute atomic E-state index is 14.4. The molecule has 0 bridgehead atoms. The SMILES string of the molecule is O=S(=O)(N1CCC(F)CC1)N(c1cc(F)ccc1F)C1CCCCC1. The molecule has 1 heterocycles. The van der Waals surface area contributed by atoms with E-state index in [-0.39, 0.29) is 31.6 Å². The van der Waals surface area contributed by atoms with Gasteiger partial charge >= 0.3 is 10.2 Å². The molecule has 1 aromatic rings. The molecule has 2 fully saturated rings. The average molecular weight is 376 g/mol. The maximum Gasteiger partial charge on any atom is 0.304 e. The van der Waals surface area contributed by atoms with Crippen LogP contribution in [0.4, 0.5) is 18.9 Å². The molecule has 25 heavy (non-hydrogen) atoms. The van der Waals surface area contributed by atoms with Crippen LogP contribution in [0, 0.1) is 11.6 Å². The van der Waals surface area contributed by atoms with E-state index in [0.717, 1.165) is 41.8 Å². The number of hydrogen-bond donors (Lipinski definition) is 0. The van der Waals surface area contributed by atoms with E-state index >= 15 is 0 Å². The van der Waals surface area contributed by atoms with Crippen LogP contribution < -0.4 is 4.31 Å². The lowest BCUT2D eigenvalue weighted by atomic mass is 9.95. The summed E-state index contributed by atoms with van der Waals surface area (Å²) in [5, 5.41) is 0. The van der Waals surface area contributed by atoms with Crippen molar-refractivity contribution >= 4 is 15.9 Å². The van der Waals surface area contributed by atoms with Crippen LogP contribution in [0.25, 0.3) is 0 Å². The standard InChI is InChI=1S/C17H23F3N2O2S/c18-13-8-10-21(11-9-13)25(23,24)22(15-4-2-1-3-5-15)17-12-14(19)6-7-16(17)20/h6-7,12-13,15H,1-5,8-11H2. The molecule has 2 aliphatic rings. The van der Waals surface area contributed by atoms with E-state index in [1.165, 1.54) is 4.31 Å². The highest BCUT2D eigenvalue weighted by Gasteiger charge is 2.38. The van der Waals surface area contributed by atoms with Crippen LogP contribution in [0.5, 0.6) is 0 Å². The third kappa shape index (κ3) is 3.95. The number of piperidine rings is 1. The van der Waals surface area contributed by atoms with Gasteiger partial charge in [0, 0.05) is 25.2 Å².